The molecule has 0 aromatic rings. The van der Waals surface area contributed by atoms with Gasteiger partial charge in [-0.15, -0.1) is 0 Å². The molecule has 61 heavy (non-hydrogen) atoms. The van der Waals surface area contributed by atoms with Crippen LogP contribution < -0.4 is 0 Å². The van der Waals surface area contributed by atoms with E-state index in [1.165, 1.54) is 154 Å². The molecule has 2 unspecified atom stereocenters. The molecule has 0 saturated heterocycles. The molecule has 0 fully saturated rings. The number of unbranched alkanes of at least 4 members (excludes halogenated alkanes) is 27. The van der Waals surface area contributed by atoms with Crippen LogP contribution in [0.1, 0.15) is 232 Å². The van der Waals surface area contributed by atoms with Gasteiger partial charge < -0.3 is 19.3 Å². The molecule has 0 saturated carbocycles. The van der Waals surface area contributed by atoms with E-state index in [1.54, 1.807) is 0 Å². The van der Waals surface area contributed by atoms with Gasteiger partial charge in [-0.25, -0.2) is 4.57 Å². The summed E-state index contributed by atoms with van der Waals surface area (Å²) in [4.78, 5) is 37.2. The van der Waals surface area contributed by atoms with E-state index in [0.29, 0.717) is 13.0 Å². The second kappa shape index (κ2) is 46.2. The molecule has 0 aromatic carbocycles. The first-order chi connectivity index (χ1) is 29.7. The molecule has 1 N–H and O–H groups in total. The molecular formula is C51H96NO8P. The Bertz CT molecular complexity index is 1110. The van der Waals surface area contributed by atoms with Crippen LogP contribution in [0.25, 0.3) is 0 Å². The van der Waals surface area contributed by atoms with E-state index in [9.17, 15) is 19.0 Å². The summed E-state index contributed by atoms with van der Waals surface area (Å²) < 4.78 is 33.6. The number of hydrogen-bond donors (Lipinski definition) is 1. The van der Waals surface area contributed by atoms with Crippen LogP contribution in [0, 0.1) is 0 Å². The Morgan fingerprint density at radius 1 is 0.508 bits per heavy atom. The topological polar surface area (TPSA) is 112 Å². The zero-order chi connectivity index (χ0) is 44.8. The number of phosphoric ester groups is 1. The lowest BCUT2D eigenvalue weighted by Crippen LogP contribution is -2.29. The van der Waals surface area contributed by atoms with E-state index in [1.807, 2.05) is 19.0 Å². The fraction of sp³-hybridized carbons (Fsp3) is 0.843. The van der Waals surface area contributed by atoms with Gasteiger partial charge in [0.25, 0.3) is 0 Å². The predicted octanol–water partition coefficient (Wildman–Crippen LogP) is 15.1. The summed E-state index contributed by atoms with van der Waals surface area (Å²) in [5, 5.41) is 0. The Hall–Kier alpha value is -1.77. The Morgan fingerprint density at radius 2 is 0.885 bits per heavy atom. The lowest BCUT2D eigenvalue weighted by molar-refractivity contribution is -0.161. The number of phosphoric acid groups is 1. The molecule has 358 valence electrons. The van der Waals surface area contributed by atoms with Crippen LogP contribution in [0.3, 0.4) is 0 Å². The van der Waals surface area contributed by atoms with Gasteiger partial charge in [-0.2, -0.15) is 0 Å². The highest BCUT2D eigenvalue weighted by atomic mass is 31.2. The summed E-state index contributed by atoms with van der Waals surface area (Å²) in [5.74, 6) is -0.802. The molecule has 0 aliphatic rings. The summed E-state index contributed by atoms with van der Waals surface area (Å²) in [6.45, 7) is 4.32. The highest BCUT2D eigenvalue weighted by molar-refractivity contribution is 7.47. The SMILES string of the molecule is CCCCC/C=C\C/C=C\CCCCCCCCCCCC(=O)OCC(COP(=O)(O)OCCN(C)C)OC(=O)CCCCCCCCCCC/C=C\CCCCCCCC. The predicted molar refractivity (Wildman–Crippen MR) is 257 cm³/mol. The summed E-state index contributed by atoms with van der Waals surface area (Å²) in [7, 11) is -0.712. The summed E-state index contributed by atoms with van der Waals surface area (Å²) in [6.07, 6.45) is 51.9. The van der Waals surface area contributed by atoms with Crippen molar-refractivity contribution in [3.05, 3.63) is 36.5 Å². The van der Waals surface area contributed by atoms with E-state index >= 15 is 0 Å². The van der Waals surface area contributed by atoms with E-state index in [0.717, 1.165) is 44.9 Å². The van der Waals surface area contributed by atoms with Crippen molar-refractivity contribution in [3.8, 4) is 0 Å². The van der Waals surface area contributed by atoms with Crippen molar-refractivity contribution in [1.82, 2.24) is 4.90 Å². The van der Waals surface area contributed by atoms with Crippen molar-refractivity contribution < 1.29 is 37.6 Å². The van der Waals surface area contributed by atoms with Gasteiger partial charge in [0.2, 0.25) is 0 Å². The van der Waals surface area contributed by atoms with Gasteiger partial charge in [-0.1, -0.05) is 185 Å². The van der Waals surface area contributed by atoms with Gasteiger partial charge in [-0.05, 0) is 84.7 Å². The molecule has 0 heterocycles. The van der Waals surface area contributed by atoms with E-state index in [2.05, 4.69) is 50.3 Å². The number of carbonyl (C=O) groups excluding carboxylic acids is 2. The molecule has 0 aromatic heterocycles. The zero-order valence-corrected chi connectivity index (χ0v) is 41.0. The lowest BCUT2D eigenvalue weighted by atomic mass is 10.1. The van der Waals surface area contributed by atoms with Gasteiger partial charge in [0.15, 0.2) is 6.10 Å². The molecule has 0 aliphatic carbocycles. The number of rotatable bonds is 47. The van der Waals surface area contributed by atoms with Crippen LogP contribution in [-0.2, 0) is 32.7 Å². The molecule has 2 atom stereocenters. The molecule has 10 heteroatoms. The van der Waals surface area contributed by atoms with Gasteiger partial charge in [0, 0.05) is 19.4 Å². The van der Waals surface area contributed by atoms with Crippen molar-refractivity contribution in [1.29, 1.82) is 0 Å². The molecule has 9 nitrogen and oxygen atoms in total. The van der Waals surface area contributed by atoms with Crippen molar-refractivity contribution >= 4 is 19.8 Å². The first kappa shape index (κ1) is 59.2. The Labute approximate surface area is 376 Å². The Kier molecular flexibility index (Phi) is 44.9. The summed E-state index contributed by atoms with van der Waals surface area (Å²) in [5.41, 5.74) is 0. The van der Waals surface area contributed by atoms with Crippen molar-refractivity contribution in [2.75, 3.05) is 40.5 Å². The summed E-state index contributed by atoms with van der Waals surface area (Å²) in [6, 6.07) is 0. The normalized spacial score (nSPS) is 13.5. The van der Waals surface area contributed by atoms with Crippen LogP contribution in [0.4, 0.5) is 0 Å². The monoisotopic (exact) mass is 882 g/mol. The Balaban J connectivity index is 4.19. The van der Waals surface area contributed by atoms with Crippen molar-refractivity contribution in [2.24, 2.45) is 0 Å². The fourth-order valence-corrected chi connectivity index (χ4v) is 7.75. The van der Waals surface area contributed by atoms with Crippen LogP contribution in [0.15, 0.2) is 36.5 Å². The van der Waals surface area contributed by atoms with Gasteiger partial charge in [0.05, 0.1) is 13.2 Å². The van der Waals surface area contributed by atoms with E-state index < -0.39 is 26.5 Å². The van der Waals surface area contributed by atoms with Crippen LogP contribution >= 0.6 is 7.82 Å². The number of hydrogen-bond acceptors (Lipinski definition) is 8. The first-order valence-corrected chi connectivity index (χ1v) is 26.8. The second-order valence-corrected chi connectivity index (χ2v) is 18.8. The van der Waals surface area contributed by atoms with Crippen LogP contribution in [-0.4, -0.2) is 68.3 Å². The number of likely N-dealkylation sites (N-methyl/N-ethyl adjacent to an activating group) is 1. The quantitative estimate of drug-likeness (QED) is 0.0276. The van der Waals surface area contributed by atoms with Gasteiger partial charge in [0.1, 0.15) is 6.61 Å². The molecule has 0 bridgehead atoms. The number of carbonyl (C=O) groups is 2. The van der Waals surface area contributed by atoms with Crippen LogP contribution in [0.2, 0.25) is 0 Å². The smallest absolute Gasteiger partial charge is 0.462 e. The number of nitrogens with zero attached hydrogens (tertiary/aromatic N) is 1. The van der Waals surface area contributed by atoms with Crippen molar-refractivity contribution in [3.63, 3.8) is 0 Å². The highest BCUT2D eigenvalue weighted by Crippen LogP contribution is 2.43. The van der Waals surface area contributed by atoms with E-state index in [-0.39, 0.29) is 32.0 Å². The maximum Gasteiger partial charge on any atom is 0.472 e. The van der Waals surface area contributed by atoms with Gasteiger partial charge >= 0.3 is 19.8 Å². The van der Waals surface area contributed by atoms with E-state index in [4.69, 9.17) is 18.5 Å². The number of allylic oxidation sites excluding steroid dienone is 6. The standard InChI is InChI=1S/C51H96NO8P/c1-5-7-9-11-13-15-17-19-21-23-25-27-29-31-33-35-37-39-41-43-50(53)57-47-49(48-59-61(55,56)58-46-45-52(3)4)60-51(54)44-42-40-38-36-34-32-30-28-26-24-22-20-18-16-14-12-10-8-6-2/h13,15,19-22,49H,5-12,14,16-18,23-48H2,1-4H3,(H,55,56)/b15-13-,21-19-,22-20-. The highest BCUT2D eigenvalue weighted by Gasteiger charge is 2.26. The van der Waals surface area contributed by atoms with Crippen molar-refractivity contribution in [2.45, 2.75) is 238 Å². The first-order valence-electron chi connectivity index (χ1n) is 25.3. The maximum atomic E-state index is 12.7. The number of esters is 2. The molecular weight excluding hydrogens is 786 g/mol. The largest absolute Gasteiger partial charge is 0.472 e. The molecule has 0 radical (unpaired) electrons. The third kappa shape index (κ3) is 47.5. The molecule has 0 rings (SSSR count). The molecule has 0 amide bonds. The Morgan fingerprint density at radius 3 is 1.34 bits per heavy atom. The third-order valence-corrected chi connectivity index (χ3v) is 11.9. The second-order valence-electron chi connectivity index (χ2n) is 17.3. The van der Waals surface area contributed by atoms with Gasteiger partial charge in [-0.3, -0.25) is 18.6 Å². The zero-order valence-electron chi connectivity index (χ0n) is 40.1. The third-order valence-electron chi connectivity index (χ3n) is 10.9. The lowest BCUT2D eigenvalue weighted by Gasteiger charge is -2.20. The minimum Gasteiger partial charge on any atom is -0.462 e. The fourth-order valence-electron chi connectivity index (χ4n) is 7.01. The maximum absolute atomic E-state index is 12.7. The minimum atomic E-state index is -4.37. The minimum absolute atomic E-state index is 0.00674. The molecule has 0 aliphatic heterocycles. The average Bonchev–Trinajstić information content (AvgIpc) is 3.23. The van der Waals surface area contributed by atoms with Crippen LogP contribution in [0.5, 0.6) is 0 Å². The summed E-state index contributed by atoms with van der Waals surface area (Å²) >= 11 is 0. The number of ether oxygens (including phenoxy) is 2. The molecule has 0 spiro atoms. The average molecular weight is 882 g/mol.